The lowest BCUT2D eigenvalue weighted by Gasteiger charge is -2.12. The minimum Gasteiger partial charge on any atom is -0.486 e. The highest BCUT2D eigenvalue weighted by Crippen LogP contribution is 2.22. The molecule has 1 amide bonds. The largest absolute Gasteiger partial charge is 0.486 e. The first-order valence-corrected chi connectivity index (χ1v) is 9.33. The van der Waals surface area contributed by atoms with Crippen molar-refractivity contribution in [3.05, 3.63) is 82.6 Å². The fourth-order valence-corrected chi connectivity index (χ4v) is 3.01. The van der Waals surface area contributed by atoms with Gasteiger partial charge in [0.15, 0.2) is 6.61 Å². The molecule has 0 spiro atoms. The molecule has 6 nitrogen and oxygen atoms in total. The molecule has 1 heterocycles. The normalized spacial score (nSPS) is 10.5. The molecule has 0 radical (unpaired) electrons. The molecule has 156 valence electrons. The van der Waals surface area contributed by atoms with Crippen molar-refractivity contribution in [1.82, 2.24) is 0 Å². The van der Waals surface area contributed by atoms with Crippen LogP contribution < -0.4 is 10.1 Å². The summed E-state index contributed by atoms with van der Waals surface area (Å²) in [6.07, 6.45) is 0. The Morgan fingerprint density at radius 1 is 1.00 bits per heavy atom. The van der Waals surface area contributed by atoms with Crippen molar-refractivity contribution >= 4 is 17.6 Å². The van der Waals surface area contributed by atoms with Crippen LogP contribution in [0.2, 0.25) is 0 Å². The second kappa shape index (κ2) is 9.26. The predicted octanol–water partition coefficient (Wildman–Crippen LogP) is 4.72. The minimum atomic E-state index is -0.754. The first kappa shape index (κ1) is 21.1. The van der Waals surface area contributed by atoms with E-state index in [1.165, 1.54) is 30.3 Å². The van der Waals surface area contributed by atoms with E-state index in [0.29, 0.717) is 17.2 Å². The fraction of sp³-hybridized carbons (Fsp3) is 0.217. The molecule has 0 aliphatic carbocycles. The zero-order valence-corrected chi connectivity index (χ0v) is 17.0. The van der Waals surface area contributed by atoms with E-state index in [9.17, 15) is 14.0 Å². The maximum atomic E-state index is 12.9. The van der Waals surface area contributed by atoms with Gasteiger partial charge in [-0.1, -0.05) is 17.7 Å². The lowest BCUT2D eigenvalue weighted by molar-refractivity contribution is -0.119. The number of carbonyl (C=O) groups excluding carboxylic acids is 2. The Labute approximate surface area is 173 Å². The number of furan rings is 1. The Morgan fingerprint density at radius 2 is 1.67 bits per heavy atom. The molecule has 0 atom stereocenters. The number of benzene rings is 2. The molecule has 7 heteroatoms. The molecule has 0 unspecified atom stereocenters. The van der Waals surface area contributed by atoms with E-state index in [1.807, 2.05) is 32.9 Å². The second-order valence-electron chi connectivity index (χ2n) is 6.91. The third-order valence-electron chi connectivity index (χ3n) is 4.33. The summed E-state index contributed by atoms with van der Waals surface area (Å²) >= 11 is 0. The molecule has 0 aliphatic heterocycles. The summed E-state index contributed by atoms with van der Waals surface area (Å²) in [6.45, 7) is 5.41. The molecule has 0 saturated heterocycles. The molecule has 0 fully saturated rings. The van der Waals surface area contributed by atoms with Crippen molar-refractivity contribution in [1.29, 1.82) is 0 Å². The van der Waals surface area contributed by atoms with Gasteiger partial charge in [0.05, 0.1) is 0 Å². The summed E-state index contributed by atoms with van der Waals surface area (Å²) in [6, 6.07) is 12.5. The zero-order valence-electron chi connectivity index (χ0n) is 17.0. The first-order valence-electron chi connectivity index (χ1n) is 9.33. The van der Waals surface area contributed by atoms with Gasteiger partial charge in [-0.3, -0.25) is 4.79 Å². The third-order valence-corrected chi connectivity index (χ3v) is 4.33. The van der Waals surface area contributed by atoms with E-state index in [1.54, 1.807) is 6.07 Å². The van der Waals surface area contributed by atoms with Crippen molar-refractivity contribution in [2.45, 2.75) is 27.4 Å². The molecule has 2 aromatic carbocycles. The van der Waals surface area contributed by atoms with Gasteiger partial charge in [0, 0.05) is 5.69 Å². The third kappa shape index (κ3) is 5.47. The highest BCUT2D eigenvalue weighted by molar-refractivity contribution is 5.95. The lowest BCUT2D eigenvalue weighted by Crippen LogP contribution is -2.21. The zero-order chi connectivity index (χ0) is 21.7. The summed E-state index contributed by atoms with van der Waals surface area (Å²) in [4.78, 5) is 24.3. The van der Waals surface area contributed by atoms with Gasteiger partial charge in [0.25, 0.3) is 5.91 Å². The van der Waals surface area contributed by atoms with Crippen molar-refractivity contribution < 1.29 is 27.9 Å². The van der Waals surface area contributed by atoms with Crippen LogP contribution in [0.1, 0.15) is 33.0 Å². The monoisotopic (exact) mass is 411 g/mol. The quantitative estimate of drug-likeness (QED) is 0.570. The smallest absolute Gasteiger partial charge is 0.374 e. The SMILES string of the molecule is Cc1cc(C)c(NC(=O)COC(=O)c2ccc(COc3ccc(F)cc3)o2)c(C)c1. The number of ether oxygens (including phenoxy) is 2. The molecule has 1 N–H and O–H groups in total. The number of rotatable bonds is 7. The molecular weight excluding hydrogens is 389 g/mol. The predicted molar refractivity (Wildman–Crippen MR) is 109 cm³/mol. The van der Waals surface area contributed by atoms with Crippen LogP contribution >= 0.6 is 0 Å². The average molecular weight is 411 g/mol. The van der Waals surface area contributed by atoms with Crippen LogP contribution in [-0.2, 0) is 16.1 Å². The van der Waals surface area contributed by atoms with Gasteiger partial charge >= 0.3 is 5.97 Å². The number of anilines is 1. The summed E-state index contributed by atoms with van der Waals surface area (Å²) in [5.74, 6) is -0.734. The van der Waals surface area contributed by atoms with Crippen molar-refractivity contribution in [3.63, 3.8) is 0 Å². The maximum Gasteiger partial charge on any atom is 0.374 e. The van der Waals surface area contributed by atoms with Crippen LogP contribution in [0.25, 0.3) is 0 Å². The number of aryl methyl sites for hydroxylation is 3. The second-order valence-corrected chi connectivity index (χ2v) is 6.91. The summed E-state index contributed by atoms with van der Waals surface area (Å²) in [5, 5.41) is 2.77. The minimum absolute atomic E-state index is 0.0387. The summed E-state index contributed by atoms with van der Waals surface area (Å²) in [7, 11) is 0. The topological polar surface area (TPSA) is 77.8 Å². The Bertz CT molecular complexity index is 1030. The molecular formula is C23H22FNO5. The van der Waals surface area contributed by atoms with Gasteiger partial charge in [-0.2, -0.15) is 0 Å². The van der Waals surface area contributed by atoms with Gasteiger partial charge in [-0.05, 0) is 68.3 Å². The van der Waals surface area contributed by atoms with Crippen LogP contribution in [0.3, 0.4) is 0 Å². The maximum absolute atomic E-state index is 12.9. The van der Waals surface area contributed by atoms with E-state index >= 15 is 0 Å². The highest BCUT2D eigenvalue weighted by atomic mass is 19.1. The lowest BCUT2D eigenvalue weighted by atomic mass is 10.1. The number of carbonyl (C=O) groups is 2. The van der Waals surface area contributed by atoms with Gasteiger partial charge in [-0.25, -0.2) is 9.18 Å². The Hall–Kier alpha value is -3.61. The number of amides is 1. The van der Waals surface area contributed by atoms with Crippen LogP contribution in [0.5, 0.6) is 5.75 Å². The molecule has 1 aromatic heterocycles. The number of hydrogen-bond donors (Lipinski definition) is 1. The summed E-state index contributed by atoms with van der Waals surface area (Å²) < 4.78 is 28.8. The van der Waals surface area contributed by atoms with Crippen LogP contribution in [0.15, 0.2) is 52.9 Å². The summed E-state index contributed by atoms with van der Waals surface area (Å²) in [5.41, 5.74) is 3.68. The van der Waals surface area contributed by atoms with Gasteiger partial charge in [-0.15, -0.1) is 0 Å². The molecule has 0 saturated carbocycles. The van der Waals surface area contributed by atoms with E-state index in [2.05, 4.69) is 5.32 Å². The number of nitrogens with one attached hydrogen (secondary N) is 1. The van der Waals surface area contributed by atoms with Crippen molar-refractivity contribution in [3.8, 4) is 5.75 Å². The van der Waals surface area contributed by atoms with Gasteiger partial charge < -0.3 is 19.2 Å². The fourth-order valence-electron chi connectivity index (χ4n) is 3.01. The molecule has 0 aliphatic rings. The van der Waals surface area contributed by atoms with E-state index in [-0.39, 0.29) is 18.2 Å². The van der Waals surface area contributed by atoms with Crippen LogP contribution in [0.4, 0.5) is 10.1 Å². The van der Waals surface area contributed by atoms with Crippen LogP contribution in [0, 0.1) is 26.6 Å². The molecule has 0 bridgehead atoms. The Morgan fingerprint density at radius 3 is 2.33 bits per heavy atom. The van der Waals surface area contributed by atoms with Crippen molar-refractivity contribution in [2.75, 3.05) is 11.9 Å². The average Bonchev–Trinajstić information content (AvgIpc) is 3.17. The number of esters is 1. The highest BCUT2D eigenvalue weighted by Gasteiger charge is 2.16. The molecule has 3 aromatic rings. The van der Waals surface area contributed by atoms with Gasteiger partial charge in [0.1, 0.15) is 23.9 Å². The van der Waals surface area contributed by atoms with Crippen molar-refractivity contribution in [2.24, 2.45) is 0 Å². The van der Waals surface area contributed by atoms with E-state index in [0.717, 1.165) is 16.7 Å². The van der Waals surface area contributed by atoms with Crippen LogP contribution in [-0.4, -0.2) is 18.5 Å². The Kier molecular flexibility index (Phi) is 6.51. The van der Waals surface area contributed by atoms with E-state index in [4.69, 9.17) is 13.9 Å². The molecule has 30 heavy (non-hydrogen) atoms. The molecule has 3 rings (SSSR count). The first-order chi connectivity index (χ1) is 14.3. The Balaban J connectivity index is 1.50. The van der Waals surface area contributed by atoms with E-state index < -0.39 is 18.5 Å². The standard InChI is InChI=1S/C23H22FNO5/c1-14-10-15(2)22(16(3)11-14)25-21(26)13-29-23(27)20-9-8-19(30-20)12-28-18-6-4-17(24)5-7-18/h4-11H,12-13H2,1-3H3,(H,25,26). The van der Waals surface area contributed by atoms with Gasteiger partial charge in [0.2, 0.25) is 5.76 Å². The number of halogens is 1. The number of hydrogen-bond acceptors (Lipinski definition) is 5.